The molecular weight excluding hydrogens is 406 g/mol. The number of benzene rings is 1. The van der Waals surface area contributed by atoms with Gasteiger partial charge in [-0.15, -0.1) is 11.3 Å². The maximum atomic E-state index is 12.5. The van der Waals surface area contributed by atoms with E-state index in [2.05, 4.69) is 20.4 Å². The largest absolute Gasteiger partial charge is 0.496 e. The molecule has 0 spiro atoms. The summed E-state index contributed by atoms with van der Waals surface area (Å²) in [5, 5.41) is 12.1. The molecule has 2 aromatic heterocycles. The number of thiophene rings is 1. The summed E-state index contributed by atoms with van der Waals surface area (Å²) in [6, 6.07) is 11.8. The average Bonchev–Trinajstić information content (AvgIpc) is 3.36. The smallest absolute Gasteiger partial charge is 0.221 e. The van der Waals surface area contributed by atoms with E-state index in [4.69, 9.17) is 17.0 Å². The molecule has 29 heavy (non-hydrogen) atoms. The summed E-state index contributed by atoms with van der Waals surface area (Å²) in [6.45, 7) is 0.955. The van der Waals surface area contributed by atoms with Gasteiger partial charge < -0.3 is 15.0 Å². The van der Waals surface area contributed by atoms with Crippen molar-refractivity contribution in [3.63, 3.8) is 0 Å². The van der Waals surface area contributed by atoms with Crippen LogP contribution in [0, 0.1) is 4.77 Å². The monoisotopic (exact) mass is 431 g/mol. The Kier molecular flexibility index (Phi) is 7.18. The highest BCUT2D eigenvalue weighted by molar-refractivity contribution is 7.71. The minimum atomic E-state index is -0.0352. The summed E-state index contributed by atoms with van der Waals surface area (Å²) >= 11 is 6.92. The van der Waals surface area contributed by atoms with Crippen molar-refractivity contribution in [2.75, 3.05) is 27.7 Å². The first-order chi connectivity index (χ1) is 14.0. The van der Waals surface area contributed by atoms with Crippen LogP contribution >= 0.6 is 23.6 Å². The number of aromatic nitrogens is 3. The SMILES string of the molecule is COc1ccccc1C(CNC(=O)CCn1c(-c2cccs2)n[nH]c1=S)N(C)C. The summed E-state index contributed by atoms with van der Waals surface area (Å²) in [5.74, 6) is 1.54. The van der Waals surface area contributed by atoms with Crippen LogP contribution in [0.5, 0.6) is 5.75 Å². The molecule has 0 bridgehead atoms. The van der Waals surface area contributed by atoms with E-state index in [1.165, 1.54) is 0 Å². The van der Waals surface area contributed by atoms with Gasteiger partial charge in [0.1, 0.15) is 5.75 Å². The number of carbonyl (C=O) groups is 1. The quantitative estimate of drug-likeness (QED) is 0.507. The standard InChI is InChI=1S/C20H25N5O2S2/c1-24(2)15(14-7-4-5-8-16(14)27-3)13-21-18(26)10-11-25-19(22-23-20(25)28)17-9-6-12-29-17/h4-9,12,15H,10-11,13H2,1-3H3,(H,21,26)(H,23,28). The second-order valence-corrected chi connectivity index (χ2v) is 8.09. The van der Waals surface area contributed by atoms with Crippen molar-refractivity contribution in [1.82, 2.24) is 25.0 Å². The Labute approximate surface area is 179 Å². The van der Waals surface area contributed by atoms with Crippen LogP contribution in [0.15, 0.2) is 41.8 Å². The summed E-state index contributed by atoms with van der Waals surface area (Å²) in [6.07, 6.45) is 0.318. The van der Waals surface area contributed by atoms with Gasteiger partial charge in [0.2, 0.25) is 5.91 Å². The molecule has 0 saturated carbocycles. The molecule has 1 atom stereocenters. The maximum Gasteiger partial charge on any atom is 0.221 e. The number of rotatable bonds is 9. The Morgan fingerprint density at radius 1 is 1.34 bits per heavy atom. The summed E-state index contributed by atoms with van der Waals surface area (Å²) in [4.78, 5) is 15.6. The number of nitrogens with zero attached hydrogens (tertiary/aromatic N) is 3. The van der Waals surface area contributed by atoms with Crippen molar-refractivity contribution in [2.24, 2.45) is 0 Å². The van der Waals surface area contributed by atoms with E-state index in [1.54, 1.807) is 18.4 Å². The lowest BCUT2D eigenvalue weighted by Crippen LogP contribution is -2.35. The third kappa shape index (κ3) is 5.11. The van der Waals surface area contributed by atoms with Gasteiger partial charge in [-0.3, -0.25) is 14.5 Å². The van der Waals surface area contributed by atoms with E-state index in [0.717, 1.165) is 22.0 Å². The predicted octanol–water partition coefficient (Wildman–Crippen LogP) is 3.49. The molecule has 7 nitrogen and oxygen atoms in total. The van der Waals surface area contributed by atoms with Crippen LogP contribution in [0.4, 0.5) is 0 Å². The Bertz CT molecular complexity index is 994. The van der Waals surface area contributed by atoms with Crippen molar-refractivity contribution in [3.05, 3.63) is 52.1 Å². The highest BCUT2D eigenvalue weighted by Gasteiger charge is 2.19. The lowest BCUT2D eigenvalue weighted by Gasteiger charge is -2.26. The molecule has 9 heteroatoms. The molecule has 1 unspecified atom stereocenters. The Balaban J connectivity index is 1.63. The summed E-state index contributed by atoms with van der Waals surface area (Å²) < 4.78 is 7.86. The molecule has 1 aromatic carbocycles. The molecular formula is C20H25N5O2S2. The van der Waals surface area contributed by atoms with E-state index in [1.807, 2.05) is 60.4 Å². The number of amides is 1. The van der Waals surface area contributed by atoms with Crippen LogP contribution in [0.25, 0.3) is 10.7 Å². The second-order valence-electron chi connectivity index (χ2n) is 6.76. The minimum absolute atomic E-state index is 0.00729. The first-order valence-electron chi connectivity index (χ1n) is 9.26. The highest BCUT2D eigenvalue weighted by atomic mass is 32.1. The fraction of sp³-hybridized carbons (Fsp3) is 0.350. The normalized spacial score (nSPS) is 12.1. The molecule has 2 heterocycles. The van der Waals surface area contributed by atoms with Gasteiger partial charge in [0.25, 0.3) is 0 Å². The number of H-pyrrole nitrogens is 1. The first kappa shape index (κ1) is 21.2. The zero-order valence-corrected chi connectivity index (χ0v) is 18.3. The van der Waals surface area contributed by atoms with Crippen LogP contribution in [-0.2, 0) is 11.3 Å². The highest BCUT2D eigenvalue weighted by Crippen LogP contribution is 2.27. The van der Waals surface area contributed by atoms with E-state index >= 15 is 0 Å². The predicted molar refractivity (Wildman–Crippen MR) is 118 cm³/mol. The number of hydrogen-bond donors (Lipinski definition) is 2. The first-order valence-corrected chi connectivity index (χ1v) is 10.5. The lowest BCUT2D eigenvalue weighted by molar-refractivity contribution is -0.121. The molecule has 0 radical (unpaired) electrons. The number of methoxy groups -OCH3 is 1. The molecule has 0 aliphatic carbocycles. The Morgan fingerprint density at radius 2 is 2.14 bits per heavy atom. The number of para-hydroxylation sites is 1. The molecule has 3 rings (SSSR count). The Hall–Kier alpha value is -2.49. The van der Waals surface area contributed by atoms with Gasteiger partial charge >= 0.3 is 0 Å². The van der Waals surface area contributed by atoms with Gasteiger partial charge in [-0.25, -0.2) is 0 Å². The van der Waals surface area contributed by atoms with Crippen LogP contribution < -0.4 is 10.1 Å². The number of carbonyl (C=O) groups excluding carboxylic acids is 1. The fourth-order valence-corrected chi connectivity index (χ4v) is 4.09. The number of hydrogen-bond acceptors (Lipinski definition) is 6. The fourth-order valence-electron chi connectivity index (χ4n) is 3.14. The second kappa shape index (κ2) is 9.82. The number of ether oxygens (including phenoxy) is 1. The van der Waals surface area contributed by atoms with E-state index in [9.17, 15) is 4.79 Å². The van der Waals surface area contributed by atoms with E-state index in [0.29, 0.717) is 24.3 Å². The average molecular weight is 432 g/mol. The van der Waals surface area contributed by atoms with Crippen LogP contribution in [0.3, 0.4) is 0 Å². The van der Waals surface area contributed by atoms with Gasteiger partial charge in [0.15, 0.2) is 10.6 Å². The number of nitrogens with one attached hydrogen (secondary N) is 2. The van der Waals surface area contributed by atoms with Crippen molar-refractivity contribution < 1.29 is 9.53 Å². The molecule has 0 aliphatic heterocycles. The van der Waals surface area contributed by atoms with Gasteiger partial charge in [-0.2, -0.15) is 5.10 Å². The third-order valence-corrected chi connectivity index (χ3v) is 5.85. The van der Waals surface area contributed by atoms with Crippen LogP contribution in [-0.4, -0.2) is 53.3 Å². The van der Waals surface area contributed by atoms with Crippen LogP contribution in [0.2, 0.25) is 0 Å². The van der Waals surface area contributed by atoms with Crippen molar-refractivity contribution >= 4 is 29.5 Å². The third-order valence-electron chi connectivity index (χ3n) is 4.68. The zero-order valence-electron chi connectivity index (χ0n) is 16.7. The molecule has 154 valence electrons. The summed E-state index contributed by atoms with van der Waals surface area (Å²) in [7, 11) is 5.63. The van der Waals surface area contributed by atoms with E-state index in [-0.39, 0.29) is 11.9 Å². The van der Waals surface area contributed by atoms with Gasteiger partial charge in [-0.1, -0.05) is 24.3 Å². The maximum absolute atomic E-state index is 12.5. The van der Waals surface area contributed by atoms with Gasteiger partial charge in [0.05, 0.1) is 18.0 Å². The lowest BCUT2D eigenvalue weighted by atomic mass is 10.0. The zero-order chi connectivity index (χ0) is 20.8. The molecule has 0 aliphatic rings. The molecule has 3 aromatic rings. The van der Waals surface area contributed by atoms with E-state index < -0.39 is 0 Å². The minimum Gasteiger partial charge on any atom is -0.496 e. The van der Waals surface area contributed by atoms with Crippen molar-refractivity contribution in [1.29, 1.82) is 0 Å². The Morgan fingerprint density at radius 3 is 2.83 bits per heavy atom. The van der Waals surface area contributed by atoms with Crippen molar-refractivity contribution in [3.8, 4) is 16.5 Å². The van der Waals surface area contributed by atoms with Crippen molar-refractivity contribution in [2.45, 2.75) is 19.0 Å². The van der Waals surface area contributed by atoms with Gasteiger partial charge in [-0.05, 0) is 43.8 Å². The summed E-state index contributed by atoms with van der Waals surface area (Å²) in [5.41, 5.74) is 1.04. The van der Waals surface area contributed by atoms with Crippen LogP contribution in [0.1, 0.15) is 18.0 Å². The molecule has 0 saturated heterocycles. The topological polar surface area (TPSA) is 75.2 Å². The molecule has 2 N–H and O–H groups in total. The molecule has 0 fully saturated rings. The molecule has 1 amide bonds. The van der Waals surface area contributed by atoms with Gasteiger partial charge in [0, 0.05) is 25.1 Å². The number of likely N-dealkylation sites (N-methyl/N-ethyl adjacent to an activating group) is 1. The number of aromatic amines is 1.